The maximum atomic E-state index is 5.36. The number of fused-ring (bicyclic) bond motifs is 1. The van der Waals surface area contributed by atoms with E-state index in [9.17, 15) is 0 Å². The number of para-hydroxylation sites is 2. The van der Waals surface area contributed by atoms with Crippen molar-refractivity contribution in [1.29, 1.82) is 0 Å². The Morgan fingerprint density at radius 2 is 1.80 bits per heavy atom. The van der Waals surface area contributed by atoms with Gasteiger partial charge in [-0.1, -0.05) is 18.2 Å². The number of methoxy groups -OCH3 is 2. The second kappa shape index (κ2) is 12.3. The van der Waals surface area contributed by atoms with Crippen molar-refractivity contribution < 1.29 is 9.47 Å². The van der Waals surface area contributed by atoms with Crippen LogP contribution < -0.4 is 20.1 Å². The van der Waals surface area contributed by atoms with Crippen LogP contribution in [0.2, 0.25) is 0 Å². The van der Waals surface area contributed by atoms with Gasteiger partial charge in [0.25, 0.3) is 0 Å². The molecule has 8 heteroatoms. The Hall–Kier alpha value is -2.49. The molecule has 0 unspecified atom stereocenters. The smallest absolute Gasteiger partial charge is 0.190 e. The number of nitrogens with zero attached hydrogens (tertiary/aromatic N) is 3. The van der Waals surface area contributed by atoms with E-state index in [0.717, 1.165) is 55.5 Å². The lowest BCUT2D eigenvalue weighted by atomic mass is 10.1. The Bertz CT molecular complexity index is 958. The fourth-order valence-corrected chi connectivity index (χ4v) is 3.23. The van der Waals surface area contributed by atoms with Crippen LogP contribution in [0.4, 0.5) is 0 Å². The molecule has 0 aliphatic rings. The second-order valence-corrected chi connectivity index (χ2v) is 6.65. The van der Waals surface area contributed by atoms with Crippen molar-refractivity contribution >= 4 is 41.0 Å². The van der Waals surface area contributed by atoms with Gasteiger partial charge in [-0.15, -0.1) is 24.0 Å². The summed E-state index contributed by atoms with van der Waals surface area (Å²) >= 11 is 0. The number of aromatic nitrogens is 2. The van der Waals surface area contributed by atoms with Gasteiger partial charge in [0, 0.05) is 26.7 Å². The third-order valence-electron chi connectivity index (χ3n) is 4.77. The molecule has 2 aromatic carbocycles. The van der Waals surface area contributed by atoms with Gasteiger partial charge in [0.05, 0.1) is 31.6 Å². The Morgan fingerprint density at radius 3 is 2.57 bits per heavy atom. The first-order valence-corrected chi connectivity index (χ1v) is 9.80. The van der Waals surface area contributed by atoms with E-state index in [1.54, 1.807) is 21.3 Å². The van der Waals surface area contributed by atoms with E-state index < -0.39 is 0 Å². The summed E-state index contributed by atoms with van der Waals surface area (Å²) in [5, 5.41) is 6.72. The molecule has 3 rings (SSSR count). The lowest BCUT2D eigenvalue weighted by Gasteiger charge is -2.13. The van der Waals surface area contributed by atoms with Crippen LogP contribution in [0.3, 0.4) is 0 Å². The Labute approximate surface area is 194 Å². The highest BCUT2D eigenvalue weighted by Crippen LogP contribution is 2.27. The van der Waals surface area contributed by atoms with E-state index >= 15 is 0 Å². The molecule has 3 aromatic rings. The average Bonchev–Trinajstić information content (AvgIpc) is 3.18. The number of hydrogen-bond acceptors (Lipinski definition) is 4. The van der Waals surface area contributed by atoms with Crippen LogP contribution in [0.25, 0.3) is 11.0 Å². The molecule has 162 valence electrons. The van der Waals surface area contributed by atoms with Gasteiger partial charge in [-0.2, -0.15) is 0 Å². The highest BCUT2D eigenvalue weighted by atomic mass is 127. The third-order valence-corrected chi connectivity index (χ3v) is 4.77. The lowest BCUT2D eigenvalue weighted by Crippen LogP contribution is -2.38. The van der Waals surface area contributed by atoms with Gasteiger partial charge in [-0.3, -0.25) is 4.99 Å². The zero-order valence-electron chi connectivity index (χ0n) is 17.7. The molecule has 1 aromatic heterocycles. The van der Waals surface area contributed by atoms with E-state index in [2.05, 4.69) is 37.3 Å². The van der Waals surface area contributed by atoms with Gasteiger partial charge < -0.3 is 24.7 Å². The number of nitrogens with one attached hydrogen (secondary N) is 2. The minimum absolute atomic E-state index is 0. The van der Waals surface area contributed by atoms with Crippen LogP contribution in [0, 0.1) is 0 Å². The highest BCUT2D eigenvalue weighted by molar-refractivity contribution is 14.0. The minimum Gasteiger partial charge on any atom is -0.493 e. The SMILES string of the molecule is CN=C(NCCCn1cnc2ccccc21)NCCc1ccc(OC)c(OC)c1.I. The first kappa shape index (κ1) is 23.8. The zero-order chi connectivity index (χ0) is 20.5. The molecule has 7 nitrogen and oxygen atoms in total. The molecule has 0 aliphatic heterocycles. The molecule has 0 radical (unpaired) electrons. The summed E-state index contributed by atoms with van der Waals surface area (Å²) in [6.07, 6.45) is 3.75. The van der Waals surface area contributed by atoms with Crippen molar-refractivity contribution in [3.63, 3.8) is 0 Å². The number of aliphatic imine (C=N–C) groups is 1. The van der Waals surface area contributed by atoms with Crippen molar-refractivity contribution in [3.05, 3.63) is 54.4 Å². The summed E-state index contributed by atoms with van der Waals surface area (Å²) in [5.41, 5.74) is 3.38. The van der Waals surface area contributed by atoms with Gasteiger partial charge in [-0.05, 0) is 42.7 Å². The first-order chi connectivity index (χ1) is 14.2. The largest absolute Gasteiger partial charge is 0.493 e. The van der Waals surface area contributed by atoms with E-state index in [1.807, 2.05) is 36.7 Å². The van der Waals surface area contributed by atoms with Crippen LogP contribution in [0.15, 0.2) is 53.8 Å². The summed E-state index contributed by atoms with van der Waals surface area (Å²) in [5.74, 6) is 2.30. The van der Waals surface area contributed by atoms with Crippen LogP contribution >= 0.6 is 24.0 Å². The molecule has 0 saturated heterocycles. The van der Waals surface area contributed by atoms with E-state index in [-0.39, 0.29) is 24.0 Å². The standard InChI is InChI=1S/C22H29N5O2.HI/c1-23-22(25-13-11-17-9-10-20(28-2)21(15-17)29-3)24-12-6-14-27-16-26-18-7-4-5-8-19(18)27;/h4-5,7-10,15-16H,6,11-14H2,1-3H3,(H2,23,24,25);1H. The van der Waals surface area contributed by atoms with Crippen molar-refractivity contribution in [2.45, 2.75) is 19.4 Å². The van der Waals surface area contributed by atoms with Gasteiger partial charge in [0.2, 0.25) is 0 Å². The van der Waals surface area contributed by atoms with Crippen LogP contribution in [0.5, 0.6) is 11.5 Å². The summed E-state index contributed by atoms with van der Waals surface area (Å²) in [7, 11) is 5.08. The Kier molecular flexibility index (Phi) is 9.72. The molecule has 0 atom stereocenters. The normalized spacial score (nSPS) is 11.1. The summed E-state index contributed by atoms with van der Waals surface area (Å²) in [4.78, 5) is 8.73. The van der Waals surface area contributed by atoms with Gasteiger partial charge in [-0.25, -0.2) is 4.98 Å². The molecule has 2 N–H and O–H groups in total. The maximum Gasteiger partial charge on any atom is 0.190 e. The average molecular weight is 523 g/mol. The third kappa shape index (κ3) is 6.25. The van der Waals surface area contributed by atoms with Crippen molar-refractivity contribution in [1.82, 2.24) is 20.2 Å². The summed E-state index contributed by atoms with van der Waals surface area (Å²) in [6.45, 7) is 2.53. The van der Waals surface area contributed by atoms with Gasteiger partial charge in [0.1, 0.15) is 0 Å². The molecule has 30 heavy (non-hydrogen) atoms. The fourth-order valence-electron chi connectivity index (χ4n) is 3.23. The van der Waals surface area contributed by atoms with E-state index in [0.29, 0.717) is 0 Å². The monoisotopic (exact) mass is 523 g/mol. The Balaban J connectivity index is 0.00000320. The molecular weight excluding hydrogens is 493 g/mol. The molecule has 0 saturated carbocycles. The Morgan fingerprint density at radius 1 is 1.03 bits per heavy atom. The molecule has 1 heterocycles. The van der Waals surface area contributed by atoms with Crippen molar-refractivity contribution in [2.24, 2.45) is 4.99 Å². The molecule has 0 bridgehead atoms. The zero-order valence-corrected chi connectivity index (χ0v) is 20.1. The van der Waals surface area contributed by atoms with Crippen LogP contribution in [-0.4, -0.2) is 49.9 Å². The van der Waals surface area contributed by atoms with Gasteiger partial charge >= 0.3 is 0 Å². The topological polar surface area (TPSA) is 72.7 Å². The number of rotatable bonds is 9. The maximum absolute atomic E-state index is 5.36. The first-order valence-electron chi connectivity index (χ1n) is 9.80. The lowest BCUT2D eigenvalue weighted by molar-refractivity contribution is 0.354. The molecular formula is C22H30IN5O2. The fraction of sp³-hybridized carbons (Fsp3) is 0.364. The van der Waals surface area contributed by atoms with Crippen molar-refractivity contribution in [2.75, 3.05) is 34.4 Å². The number of guanidine groups is 1. The number of imidazole rings is 1. The number of ether oxygens (including phenoxy) is 2. The summed E-state index contributed by atoms with van der Waals surface area (Å²) in [6, 6.07) is 14.2. The number of halogens is 1. The van der Waals surface area contributed by atoms with Crippen molar-refractivity contribution in [3.8, 4) is 11.5 Å². The predicted octanol–water partition coefficient (Wildman–Crippen LogP) is 3.47. The van der Waals surface area contributed by atoms with Crippen LogP contribution in [0.1, 0.15) is 12.0 Å². The second-order valence-electron chi connectivity index (χ2n) is 6.65. The minimum atomic E-state index is 0. The van der Waals surface area contributed by atoms with E-state index in [1.165, 1.54) is 11.1 Å². The highest BCUT2D eigenvalue weighted by Gasteiger charge is 2.05. The molecule has 0 fully saturated rings. The molecule has 0 aliphatic carbocycles. The quantitative estimate of drug-likeness (QED) is 0.195. The number of aryl methyl sites for hydroxylation is 1. The predicted molar refractivity (Wildman–Crippen MR) is 132 cm³/mol. The molecule has 0 spiro atoms. The number of hydrogen-bond donors (Lipinski definition) is 2. The molecule has 0 amide bonds. The van der Waals surface area contributed by atoms with E-state index in [4.69, 9.17) is 9.47 Å². The van der Waals surface area contributed by atoms with Crippen LogP contribution in [-0.2, 0) is 13.0 Å². The number of benzene rings is 2. The van der Waals surface area contributed by atoms with Gasteiger partial charge in [0.15, 0.2) is 17.5 Å². The summed E-state index contributed by atoms with van der Waals surface area (Å²) < 4.78 is 12.8.